The molecule has 0 saturated heterocycles. The largest absolute Gasteiger partial charge is 0.378 e. The topological polar surface area (TPSA) is 81.1 Å². The highest BCUT2D eigenvalue weighted by atomic mass is 19.1. The van der Waals surface area contributed by atoms with Crippen molar-refractivity contribution in [3.05, 3.63) is 185 Å². The van der Waals surface area contributed by atoms with Gasteiger partial charge in [0, 0.05) is 6.20 Å². The molecular formula is C39H34FN3O2. The van der Waals surface area contributed by atoms with Gasteiger partial charge in [0.05, 0.1) is 17.6 Å². The molecule has 0 aliphatic carbocycles. The van der Waals surface area contributed by atoms with Crippen LogP contribution < -0.4 is 5.73 Å². The smallest absolute Gasteiger partial charge is 0.251 e. The summed E-state index contributed by atoms with van der Waals surface area (Å²) in [4.78, 5) is 16.6. The Bertz CT molecular complexity index is 1820. The third kappa shape index (κ3) is 5.13. The molecule has 0 radical (unpaired) electrons. The highest BCUT2D eigenvalue weighted by Gasteiger charge is 2.42. The van der Waals surface area contributed by atoms with E-state index in [0.29, 0.717) is 16.8 Å². The van der Waals surface area contributed by atoms with Crippen LogP contribution in [-0.4, -0.2) is 20.6 Å². The first-order valence-electron chi connectivity index (χ1n) is 14.9. The van der Waals surface area contributed by atoms with Gasteiger partial charge in [0.1, 0.15) is 17.0 Å². The number of hydrogen-bond acceptors (Lipinski definition) is 3. The van der Waals surface area contributed by atoms with Crippen LogP contribution in [0.1, 0.15) is 52.2 Å². The molecule has 0 aliphatic heterocycles. The van der Waals surface area contributed by atoms with Gasteiger partial charge >= 0.3 is 0 Å². The van der Waals surface area contributed by atoms with Gasteiger partial charge in [-0.05, 0) is 51.4 Å². The maximum absolute atomic E-state index is 14.1. The van der Waals surface area contributed by atoms with Crippen LogP contribution >= 0.6 is 0 Å². The zero-order valence-electron chi connectivity index (χ0n) is 25.1. The number of carbonyl (C=O) groups is 1. The van der Waals surface area contributed by atoms with Crippen LogP contribution in [-0.2, 0) is 11.1 Å². The lowest BCUT2D eigenvalue weighted by molar-refractivity contribution is 0.0278. The van der Waals surface area contributed by atoms with E-state index >= 15 is 0 Å². The molecule has 1 amide bonds. The summed E-state index contributed by atoms with van der Waals surface area (Å²) in [6, 6.07) is 42.6. The molecule has 1 unspecified atom stereocenters. The van der Waals surface area contributed by atoms with Gasteiger partial charge in [-0.15, -0.1) is 0 Å². The molecule has 0 saturated carbocycles. The monoisotopic (exact) mass is 595 g/mol. The van der Waals surface area contributed by atoms with Crippen molar-refractivity contribution in [3.8, 4) is 11.1 Å². The van der Waals surface area contributed by atoms with Crippen LogP contribution in [0.4, 0.5) is 4.39 Å². The van der Waals surface area contributed by atoms with Crippen molar-refractivity contribution in [2.45, 2.75) is 25.0 Å². The van der Waals surface area contributed by atoms with Crippen molar-refractivity contribution in [2.24, 2.45) is 11.7 Å². The number of halogens is 1. The van der Waals surface area contributed by atoms with Gasteiger partial charge in [-0.3, -0.25) is 4.79 Å². The molecule has 5 nitrogen and oxygen atoms in total. The standard InChI is InChI=1S/C39H34FN3O2/c1-27(2)39(45,33-21-18-28(19-22-33)29-20-23-35(40)34(24-29)37(41)44)36-25-43(26-42-36)38(30-12-6-3-7-13-30,31-14-8-4-9-15-31)32-16-10-5-11-17-32/h3-27,45H,1-2H3,(H2,41,44). The van der Waals surface area contributed by atoms with E-state index < -0.39 is 22.9 Å². The van der Waals surface area contributed by atoms with Gasteiger partial charge in [0.15, 0.2) is 0 Å². The maximum atomic E-state index is 14.1. The summed E-state index contributed by atoms with van der Waals surface area (Å²) in [6.07, 6.45) is 3.74. The fourth-order valence-electron chi connectivity index (χ4n) is 6.28. The predicted octanol–water partition coefficient (Wildman–Crippen LogP) is 7.52. The van der Waals surface area contributed by atoms with Crippen LogP contribution in [0.25, 0.3) is 11.1 Å². The Kier molecular flexibility index (Phi) is 7.92. The van der Waals surface area contributed by atoms with Crippen molar-refractivity contribution in [1.29, 1.82) is 0 Å². The van der Waals surface area contributed by atoms with Crippen LogP contribution in [0, 0.1) is 11.7 Å². The molecule has 3 N–H and O–H groups in total. The Morgan fingerprint density at radius 1 is 0.733 bits per heavy atom. The fraction of sp³-hybridized carbons (Fsp3) is 0.128. The zero-order valence-corrected chi connectivity index (χ0v) is 25.1. The van der Waals surface area contributed by atoms with Gasteiger partial charge in [-0.2, -0.15) is 0 Å². The summed E-state index contributed by atoms with van der Waals surface area (Å²) < 4.78 is 16.2. The third-order valence-corrected chi connectivity index (χ3v) is 8.66. The summed E-state index contributed by atoms with van der Waals surface area (Å²) in [5, 5.41) is 12.5. The van der Waals surface area contributed by atoms with Crippen LogP contribution in [0.2, 0.25) is 0 Å². The molecule has 45 heavy (non-hydrogen) atoms. The number of imidazole rings is 1. The number of hydrogen-bond donors (Lipinski definition) is 2. The molecular weight excluding hydrogens is 561 g/mol. The molecule has 1 atom stereocenters. The Balaban J connectivity index is 1.49. The van der Waals surface area contributed by atoms with Gasteiger partial charge in [0.2, 0.25) is 0 Å². The number of nitrogens with two attached hydrogens (primary N) is 1. The number of primary amides is 1. The van der Waals surface area contributed by atoms with Crippen LogP contribution in [0.3, 0.4) is 0 Å². The van der Waals surface area contributed by atoms with Crippen LogP contribution in [0.15, 0.2) is 146 Å². The normalized spacial score (nSPS) is 13.0. The van der Waals surface area contributed by atoms with Gasteiger partial charge in [-0.25, -0.2) is 9.37 Å². The number of aliphatic hydroxyl groups is 1. The van der Waals surface area contributed by atoms with E-state index in [-0.39, 0.29) is 11.5 Å². The molecule has 0 spiro atoms. The molecule has 0 fully saturated rings. The predicted molar refractivity (Wildman–Crippen MR) is 175 cm³/mol. The molecule has 6 rings (SSSR count). The van der Waals surface area contributed by atoms with Crippen molar-refractivity contribution in [1.82, 2.24) is 9.55 Å². The summed E-state index contributed by atoms with van der Waals surface area (Å²) >= 11 is 0. The average molecular weight is 596 g/mol. The quantitative estimate of drug-likeness (QED) is 0.170. The highest BCUT2D eigenvalue weighted by Crippen LogP contribution is 2.43. The van der Waals surface area contributed by atoms with Gasteiger partial charge in [0.25, 0.3) is 5.91 Å². The molecule has 6 aromatic rings. The minimum atomic E-state index is -1.43. The van der Waals surface area contributed by atoms with Crippen molar-refractivity contribution < 1.29 is 14.3 Å². The molecule has 224 valence electrons. The first-order valence-corrected chi connectivity index (χ1v) is 14.9. The van der Waals surface area contributed by atoms with E-state index in [4.69, 9.17) is 10.7 Å². The minimum absolute atomic E-state index is 0.167. The Morgan fingerprint density at radius 3 is 1.69 bits per heavy atom. The number of benzene rings is 5. The molecule has 6 heteroatoms. The first kappa shape index (κ1) is 29.7. The van der Waals surface area contributed by atoms with Gasteiger partial charge in [-0.1, -0.05) is 135 Å². The second kappa shape index (κ2) is 12.0. The number of rotatable bonds is 9. The van der Waals surface area contributed by atoms with Crippen molar-refractivity contribution >= 4 is 5.91 Å². The van der Waals surface area contributed by atoms with Gasteiger partial charge < -0.3 is 15.4 Å². The minimum Gasteiger partial charge on any atom is -0.378 e. The lowest BCUT2D eigenvalue weighted by atomic mass is 9.76. The second-order valence-electron chi connectivity index (χ2n) is 11.5. The molecule has 1 aromatic heterocycles. The Hall–Kier alpha value is -5.33. The second-order valence-corrected chi connectivity index (χ2v) is 11.5. The molecule has 1 heterocycles. The number of nitrogens with zero attached hydrogens (tertiary/aromatic N) is 2. The summed E-state index contributed by atoms with van der Waals surface area (Å²) in [5.74, 6) is -1.72. The lowest BCUT2D eigenvalue weighted by Crippen LogP contribution is -2.37. The van der Waals surface area contributed by atoms with E-state index in [0.717, 1.165) is 22.3 Å². The van der Waals surface area contributed by atoms with Crippen molar-refractivity contribution in [3.63, 3.8) is 0 Å². The molecule has 5 aromatic carbocycles. The van der Waals surface area contributed by atoms with Crippen LogP contribution in [0.5, 0.6) is 0 Å². The summed E-state index contributed by atoms with van der Waals surface area (Å²) in [5.41, 5.74) is 8.74. The summed E-state index contributed by atoms with van der Waals surface area (Å²) in [6.45, 7) is 3.93. The van der Waals surface area contributed by atoms with E-state index in [2.05, 4.69) is 41.0 Å². The lowest BCUT2D eigenvalue weighted by Gasteiger charge is -2.37. The van der Waals surface area contributed by atoms with E-state index in [1.165, 1.54) is 12.1 Å². The number of amides is 1. The molecule has 0 aliphatic rings. The van der Waals surface area contributed by atoms with E-state index in [9.17, 15) is 14.3 Å². The number of aromatic nitrogens is 2. The van der Waals surface area contributed by atoms with Crippen molar-refractivity contribution in [2.75, 3.05) is 0 Å². The van der Waals surface area contributed by atoms with E-state index in [1.807, 2.05) is 98.9 Å². The Morgan fingerprint density at radius 2 is 1.22 bits per heavy atom. The maximum Gasteiger partial charge on any atom is 0.251 e. The first-order chi connectivity index (χ1) is 21.8. The highest BCUT2D eigenvalue weighted by molar-refractivity contribution is 5.94. The Labute approximate surface area is 262 Å². The number of carbonyl (C=O) groups excluding carboxylic acids is 1. The average Bonchev–Trinajstić information content (AvgIpc) is 3.57. The molecule has 0 bridgehead atoms. The summed E-state index contributed by atoms with van der Waals surface area (Å²) in [7, 11) is 0. The third-order valence-electron chi connectivity index (χ3n) is 8.66. The fourth-order valence-corrected chi connectivity index (χ4v) is 6.28. The zero-order chi connectivity index (χ0) is 31.6. The van der Waals surface area contributed by atoms with E-state index in [1.54, 1.807) is 12.4 Å². The SMILES string of the molecule is CC(C)C(O)(c1ccc(-c2ccc(F)c(C(N)=O)c2)cc1)c1cn(C(c2ccccc2)(c2ccccc2)c2ccccc2)cn1.